The maximum absolute atomic E-state index is 11.8. The van der Waals surface area contributed by atoms with Gasteiger partial charge in [-0.15, -0.1) is 0 Å². The minimum atomic E-state index is 0.00514. The molecule has 15 heavy (non-hydrogen) atoms. The van der Waals surface area contributed by atoms with Crippen molar-refractivity contribution in [3.05, 3.63) is 31.8 Å². The third kappa shape index (κ3) is 4.56. The molecule has 2 nitrogen and oxygen atoms in total. The average molecular weight is 494 g/mol. The van der Waals surface area contributed by atoms with Crippen molar-refractivity contribution in [2.24, 2.45) is 0 Å². The molecule has 5 heteroatoms. The summed E-state index contributed by atoms with van der Waals surface area (Å²) in [5.74, 6) is 0.00514. The van der Waals surface area contributed by atoms with Crippen molar-refractivity contribution < 1.29 is 4.79 Å². The molecule has 0 radical (unpaired) electrons. The van der Waals surface area contributed by atoms with Crippen LogP contribution < -0.4 is 5.32 Å². The Morgan fingerprint density at radius 1 is 1.47 bits per heavy atom. The van der Waals surface area contributed by atoms with Crippen LogP contribution in [-0.4, -0.2) is 16.9 Å². The lowest BCUT2D eigenvalue weighted by atomic mass is 10.2. The number of alkyl halides is 1. The van der Waals surface area contributed by atoms with Crippen LogP contribution in [0, 0.1) is 3.57 Å². The molecule has 0 saturated carbocycles. The summed E-state index contributed by atoms with van der Waals surface area (Å²) in [5.41, 5.74) is 0.735. The van der Waals surface area contributed by atoms with Crippen LogP contribution in [0.5, 0.6) is 0 Å². The number of carbonyl (C=O) groups excluding carboxylic acids is 1. The van der Waals surface area contributed by atoms with Crippen LogP contribution in [0.1, 0.15) is 16.8 Å². The fourth-order valence-corrected chi connectivity index (χ4v) is 2.36. The van der Waals surface area contributed by atoms with Crippen LogP contribution in [0.3, 0.4) is 0 Å². The lowest BCUT2D eigenvalue weighted by molar-refractivity contribution is 0.0953. The lowest BCUT2D eigenvalue weighted by Gasteiger charge is -2.06. The van der Waals surface area contributed by atoms with Gasteiger partial charge in [0, 0.05) is 19.0 Å². The van der Waals surface area contributed by atoms with Crippen molar-refractivity contribution in [3.63, 3.8) is 0 Å². The van der Waals surface area contributed by atoms with Gasteiger partial charge in [-0.2, -0.15) is 0 Å². The van der Waals surface area contributed by atoms with Gasteiger partial charge in [0.15, 0.2) is 0 Å². The van der Waals surface area contributed by atoms with Crippen LogP contribution in [0.4, 0.5) is 0 Å². The Bertz CT molecular complexity index is 357. The summed E-state index contributed by atoms with van der Waals surface area (Å²) < 4.78 is 2.97. The van der Waals surface area contributed by atoms with Gasteiger partial charge in [0.1, 0.15) is 0 Å². The van der Waals surface area contributed by atoms with Gasteiger partial charge in [-0.25, -0.2) is 0 Å². The molecule has 0 saturated heterocycles. The molecule has 0 spiro atoms. The van der Waals surface area contributed by atoms with Gasteiger partial charge in [0.25, 0.3) is 5.91 Å². The minimum Gasteiger partial charge on any atom is -0.352 e. The normalized spacial score (nSPS) is 10.1. The standard InChI is InChI=1S/C10H10BrI2NO/c11-7-2-3-9(13)8(6-7)10(15)14-5-1-4-12/h2-3,6H,1,4-5H2,(H,14,15). The Labute approximate surface area is 125 Å². The molecule has 0 aromatic heterocycles. The molecule has 0 bridgehead atoms. The molecule has 0 aliphatic carbocycles. The quantitative estimate of drug-likeness (QED) is 0.387. The molecule has 1 aromatic rings. The van der Waals surface area contributed by atoms with E-state index >= 15 is 0 Å². The Balaban J connectivity index is 2.68. The van der Waals surface area contributed by atoms with E-state index in [9.17, 15) is 4.79 Å². The minimum absolute atomic E-state index is 0.00514. The van der Waals surface area contributed by atoms with Crippen molar-refractivity contribution in [1.82, 2.24) is 5.32 Å². The second kappa shape index (κ2) is 7.05. The summed E-state index contributed by atoms with van der Waals surface area (Å²) in [6.45, 7) is 0.740. The van der Waals surface area contributed by atoms with Crippen LogP contribution in [-0.2, 0) is 0 Å². The fourth-order valence-electron chi connectivity index (χ4n) is 1.04. The zero-order valence-corrected chi connectivity index (χ0v) is 13.8. The maximum Gasteiger partial charge on any atom is 0.252 e. The molecule has 0 unspecified atom stereocenters. The summed E-state index contributed by atoms with van der Waals surface area (Å²) in [5, 5.41) is 2.90. The van der Waals surface area contributed by atoms with Crippen molar-refractivity contribution in [1.29, 1.82) is 0 Å². The van der Waals surface area contributed by atoms with Crippen LogP contribution >= 0.6 is 61.1 Å². The Kier molecular flexibility index (Phi) is 6.44. The Hall–Kier alpha value is 0.630. The van der Waals surface area contributed by atoms with Crippen LogP contribution in [0.2, 0.25) is 0 Å². The monoisotopic (exact) mass is 493 g/mol. The molecule has 0 aliphatic rings. The average Bonchev–Trinajstić information content (AvgIpc) is 2.22. The van der Waals surface area contributed by atoms with Gasteiger partial charge in [-0.3, -0.25) is 4.79 Å². The van der Waals surface area contributed by atoms with E-state index in [0.717, 1.165) is 31.0 Å². The van der Waals surface area contributed by atoms with E-state index in [-0.39, 0.29) is 5.91 Å². The molecule has 0 aliphatic heterocycles. The van der Waals surface area contributed by atoms with E-state index < -0.39 is 0 Å². The Morgan fingerprint density at radius 3 is 2.87 bits per heavy atom. The van der Waals surface area contributed by atoms with Crippen LogP contribution in [0.25, 0.3) is 0 Å². The number of benzene rings is 1. The topological polar surface area (TPSA) is 29.1 Å². The second-order valence-corrected chi connectivity index (χ2v) is 6.08. The van der Waals surface area contributed by atoms with Crippen molar-refractivity contribution in [2.75, 3.05) is 11.0 Å². The summed E-state index contributed by atoms with van der Waals surface area (Å²) in [7, 11) is 0. The van der Waals surface area contributed by atoms with E-state index in [1.807, 2.05) is 18.2 Å². The fraction of sp³-hybridized carbons (Fsp3) is 0.300. The smallest absolute Gasteiger partial charge is 0.252 e. The molecule has 1 N–H and O–H groups in total. The predicted octanol–water partition coefficient (Wildman–Crippen LogP) is 3.61. The van der Waals surface area contributed by atoms with Gasteiger partial charge >= 0.3 is 0 Å². The van der Waals surface area contributed by atoms with Gasteiger partial charge in [0.2, 0.25) is 0 Å². The third-order valence-corrected chi connectivity index (χ3v) is 3.97. The van der Waals surface area contributed by atoms with Gasteiger partial charge in [-0.1, -0.05) is 38.5 Å². The number of nitrogens with one attached hydrogen (secondary N) is 1. The van der Waals surface area contributed by atoms with Crippen LogP contribution in [0.15, 0.2) is 22.7 Å². The summed E-state index contributed by atoms with van der Waals surface area (Å²) in [4.78, 5) is 11.8. The van der Waals surface area contributed by atoms with Crippen molar-refractivity contribution in [3.8, 4) is 0 Å². The molecule has 1 rings (SSSR count). The predicted molar refractivity (Wildman–Crippen MR) is 82.7 cm³/mol. The maximum atomic E-state index is 11.8. The van der Waals surface area contributed by atoms with E-state index in [4.69, 9.17) is 0 Å². The van der Waals surface area contributed by atoms with Gasteiger partial charge in [0.05, 0.1) is 5.56 Å². The van der Waals surface area contributed by atoms with E-state index in [2.05, 4.69) is 66.4 Å². The first-order valence-electron chi connectivity index (χ1n) is 4.44. The van der Waals surface area contributed by atoms with E-state index in [1.165, 1.54) is 0 Å². The SMILES string of the molecule is O=C(NCCCI)c1cc(Br)ccc1I. The highest BCUT2D eigenvalue weighted by Crippen LogP contribution is 2.18. The number of carbonyl (C=O) groups is 1. The number of rotatable bonds is 4. The molecular formula is C10H10BrI2NO. The zero-order valence-electron chi connectivity index (χ0n) is 7.90. The number of amides is 1. The molecule has 1 amide bonds. The van der Waals surface area contributed by atoms with Crippen molar-refractivity contribution in [2.45, 2.75) is 6.42 Å². The molecule has 82 valence electrons. The van der Waals surface area contributed by atoms with Crippen molar-refractivity contribution >= 4 is 67.0 Å². The second-order valence-electron chi connectivity index (χ2n) is 2.92. The highest BCUT2D eigenvalue weighted by Gasteiger charge is 2.09. The van der Waals surface area contributed by atoms with Gasteiger partial charge in [-0.05, 0) is 47.2 Å². The summed E-state index contributed by atoms with van der Waals surface area (Å²) >= 11 is 7.83. The molecular weight excluding hydrogens is 484 g/mol. The zero-order chi connectivity index (χ0) is 11.3. The highest BCUT2D eigenvalue weighted by molar-refractivity contribution is 14.1. The van der Waals surface area contributed by atoms with E-state index in [1.54, 1.807) is 0 Å². The number of hydrogen-bond donors (Lipinski definition) is 1. The van der Waals surface area contributed by atoms with E-state index in [0.29, 0.717) is 0 Å². The highest BCUT2D eigenvalue weighted by atomic mass is 127. The first-order chi connectivity index (χ1) is 7.15. The first kappa shape index (κ1) is 13.7. The molecule has 0 fully saturated rings. The number of halogens is 3. The Morgan fingerprint density at radius 2 is 2.20 bits per heavy atom. The number of hydrogen-bond acceptors (Lipinski definition) is 1. The molecule has 0 atom stereocenters. The van der Waals surface area contributed by atoms with Gasteiger partial charge < -0.3 is 5.32 Å². The summed E-state index contributed by atoms with van der Waals surface area (Å²) in [6, 6.07) is 5.71. The third-order valence-electron chi connectivity index (χ3n) is 1.77. The summed E-state index contributed by atoms with van der Waals surface area (Å²) in [6.07, 6.45) is 1.01. The lowest BCUT2D eigenvalue weighted by Crippen LogP contribution is -2.25. The largest absolute Gasteiger partial charge is 0.352 e. The first-order valence-corrected chi connectivity index (χ1v) is 7.84. The molecule has 1 aromatic carbocycles. The molecule has 0 heterocycles.